The van der Waals surface area contributed by atoms with Crippen LogP contribution >= 0.6 is 0 Å². The lowest BCUT2D eigenvalue weighted by molar-refractivity contribution is -0.0845. The standard InChI is InChI=1S/C6H13O2.2C6H13.Al/c1-3-5-8-6(7)4-2;2*1-3-5-6-4-2;/h6H,3-5H2,1-2H3;2*1,3-6H2,2H3;/q-1;;;+1. The molecule has 0 amide bonds. The highest BCUT2D eigenvalue weighted by atomic mass is 27.2. The van der Waals surface area contributed by atoms with E-state index >= 15 is 0 Å². The molecule has 126 valence electrons. The molecule has 0 rings (SSSR count). The molecule has 0 aromatic carbocycles. The summed E-state index contributed by atoms with van der Waals surface area (Å²) in [6, 6.07) is 0. The highest BCUT2D eigenvalue weighted by molar-refractivity contribution is 6.51. The quantitative estimate of drug-likeness (QED) is 0.188. The van der Waals surface area contributed by atoms with Crippen LogP contribution in [0.4, 0.5) is 0 Å². The molecule has 1 unspecified atom stereocenters. The van der Waals surface area contributed by atoms with Gasteiger partial charge in [-0.25, -0.2) is 0 Å². The number of ether oxygens (including phenoxy) is 1. The Morgan fingerprint density at radius 1 is 0.714 bits per heavy atom. The monoisotopic (exact) mass is 314 g/mol. The second-order valence-electron chi connectivity index (χ2n) is 6.17. The molecule has 0 aromatic rings. The van der Waals surface area contributed by atoms with Gasteiger partial charge in [-0.3, -0.25) is 0 Å². The lowest BCUT2D eigenvalue weighted by Gasteiger charge is -2.22. The summed E-state index contributed by atoms with van der Waals surface area (Å²) in [4.78, 5) is 0. The van der Waals surface area contributed by atoms with Crippen LogP contribution in [0.1, 0.15) is 91.9 Å². The summed E-state index contributed by atoms with van der Waals surface area (Å²) in [6.07, 6.45) is 13.0. The maximum absolute atomic E-state index is 6.38. The zero-order chi connectivity index (χ0) is 15.8. The van der Waals surface area contributed by atoms with Gasteiger partial charge in [0.05, 0.1) is 0 Å². The molecule has 0 spiro atoms. The first-order valence-corrected chi connectivity index (χ1v) is 11.7. The van der Waals surface area contributed by atoms with E-state index in [1.807, 2.05) is 0 Å². The average molecular weight is 314 g/mol. The van der Waals surface area contributed by atoms with Gasteiger partial charge >= 0.3 is 14.5 Å². The SMILES string of the molecule is CCCCC[CH2][Al]([CH2]CCCCC)[O]C(CC)OCCC. The number of hydrogen-bond acceptors (Lipinski definition) is 2. The van der Waals surface area contributed by atoms with Crippen molar-refractivity contribution in [3.05, 3.63) is 0 Å². The Labute approximate surface area is 138 Å². The first-order chi connectivity index (χ1) is 10.3. The fourth-order valence-corrected chi connectivity index (χ4v) is 5.34. The van der Waals surface area contributed by atoms with Gasteiger partial charge in [0.15, 0.2) is 0 Å². The van der Waals surface area contributed by atoms with Crippen LogP contribution in [0.15, 0.2) is 0 Å². The number of rotatable bonds is 16. The van der Waals surface area contributed by atoms with Crippen LogP contribution in [-0.2, 0) is 8.53 Å². The van der Waals surface area contributed by atoms with Crippen molar-refractivity contribution in [3.63, 3.8) is 0 Å². The van der Waals surface area contributed by atoms with E-state index in [0.717, 1.165) is 19.4 Å². The largest absolute Gasteiger partial charge is 0.478 e. The van der Waals surface area contributed by atoms with E-state index in [4.69, 9.17) is 8.53 Å². The van der Waals surface area contributed by atoms with Crippen molar-refractivity contribution in [1.29, 1.82) is 0 Å². The third kappa shape index (κ3) is 13.8. The lowest BCUT2D eigenvalue weighted by atomic mass is 10.2. The molecule has 0 bridgehead atoms. The van der Waals surface area contributed by atoms with Crippen molar-refractivity contribution in [2.75, 3.05) is 6.61 Å². The van der Waals surface area contributed by atoms with Crippen molar-refractivity contribution in [2.24, 2.45) is 0 Å². The van der Waals surface area contributed by atoms with E-state index in [1.54, 1.807) is 0 Å². The van der Waals surface area contributed by atoms with Gasteiger partial charge in [-0.2, -0.15) is 0 Å². The first-order valence-electron chi connectivity index (χ1n) is 9.55. The normalized spacial score (nSPS) is 12.6. The third-order valence-corrected chi connectivity index (χ3v) is 6.74. The van der Waals surface area contributed by atoms with Crippen LogP contribution in [0, 0.1) is 0 Å². The topological polar surface area (TPSA) is 18.5 Å². The highest BCUT2D eigenvalue weighted by Crippen LogP contribution is 2.17. The van der Waals surface area contributed by atoms with Crippen LogP contribution < -0.4 is 0 Å². The van der Waals surface area contributed by atoms with Gasteiger partial charge in [-0.05, 0) is 12.8 Å². The zero-order valence-electron chi connectivity index (χ0n) is 15.2. The van der Waals surface area contributed by atoms with Crippen molar-refractivity contribution in [2.45, 2.75) is 109 Å². The number of unbranched alkanes of at least 4 members (excludes halogenated alkanes) is 6. The summed E-state index contributed by atoms with van der Waals surface area (Å²) in [6.45, 7) is 9.74. The second-order valence-corrected chi connectivity index (χ2v) is 8.84. The molecule has 0 N–H and O–H groups in total. The molecular weight excluding hydrogens is 275 g/mol. The van der Waals surface area contributed by atoms with Gasteiger partial charge in [0.1, 0.15) is 6.29 Å². The Bertz CT molecular complexity index is 188. The van der Waals surface area contributed by atoms with E-state index in [1.165, 1.54) is 61.9 Å². The van der Waals surface area contributed by atoms with E-state index < -0.39 is 14.5 Å². The van der Waals surface area contributed by atoms with Gasteiger partial charge in [0.2, 0.25) is 0 Å². The van der Waals surface area contributed by atoms with E-state index in [-0.39, 0.29) is 6.29 Å². The van der Waals surface area contributed by atoms with E-state index in [2.05, 4.69) is 27.7 Å². The summed E-state index contributed by atoms with van der Waals surface area (Å²) in [5.74, 6) is 0. The molecular formula is C18H39AlO2. The smallest absolute Gasteiger partial charge is 0.462 e. The lowest BCUT2D eigenvalue weighted by Crippen LogP contribution is -2.28. The molecule has 21 heavy (non-hydrogen) atoms. The van der Waals surface area contributed by atoms with E-state index in [9.17, 15) is 0 Å². The Kier molecular flexibility index (Phi) is 17.2. The van der Waals surface area contributed by atoms with Gasteiger partial charge in [0, 0.05) is 6.61 Å². The molecule has 1 atom stereocenters. The summed E-state index contributed by atoms with van der Waals surface area (Å²) >= 11 is -1.06. The molecule has 0 saturated carbocycles. The fourth-order valence-electron chi connectivity index (χ4n) is 2.60. The minimum atomic E-state index is -1.06. The van der Waals surface area contributed by atoms with Gasteiger partial charge in [0.25, 0.3) is 0 Å². The van der Waals surface area contributed by atoms with Crippen LogP contribution in [0.5, 0.6) is 0 Å². The van der Waals surface area contributed by atoms with Gasteiger partial charge in [-0.1, -0.05) is 89.6 Å². The fraction of sp³-hybridized carbons (Fsp3) is 1.00. The van der Waals surface area contributed by atoms with Crippen molar-refractivity contribution in [1.82, 2.24) is 0 Å². The first kappa shape index (κ1) is 21.5. The molecule has 2 nitrogen and oxygen atoms in total. The molecule has 0 heterocycles. The van der Waals surface area contributed by atoms with E-state index in [0.29, 0.717) is 0 Å². The highest BCUT2D eigenvalue weighted by Gasteiger charge is 2.23. The average Bonchev–Trinajstić information content (AvgIpc) is 2.51. The molecule has 0 aromatic heterocycles. The third-order valence-electron chi connectivity index (χ3n) is 3.94. The molecule has 0 aliphatic heterocycles. The molecule has 0 aliphatic rings. The van der Waals surface area contributed by atoms with Crippen LogP contribution in [0.25, 0.3) is 0 Å². The molecule has 0 aliphatic carbocycles. The van der Waals surface area contributed by atoms with Crippen molar-refractivity contribution < 1.29 is 8.53 Å². The predicted octanol–water partition coefficient (Wildman–Crippen LogP) is 6.32. The Morgan fingerprint density at radius 3 is 1.71 bits per heavy atom. The van der Waals surface area contributed by atoms with Gasteiger partial charge in [-0.15, -0.1) is 0 Å². The maximum Gasteiger partial charge on any atom is 0.462 e. The summed E-state index contributed by atoms with van der Waals surface area (Å²) in [5, 5.41) is 2.69. The summed E-state index contributed by atoms with van der Waals surface area (Å²) in [7, 11) is 0. The zero-order valence-corrected chi connectivity index (χ0v) is 16.3. The van der Waals surface area contributed by atoms with Crippen LogP contribution in [-0.4, -0.2) is 27.4 Å². The molecule has 0 fully saturated rings. The summed E-state index contributed by atoms with van der Waals surface area (Å²) in [5.41, 5.74) is 0. The maximum atomic E-state index is 6.38. The minimum absolute atomic E-state index is 0.0685. The van der Waals surface area contributed by atoms with Crippen LogP contribution in [0.2, 0.25) is 10.6 Å². The Hall–Kier alpha value is 0.452. The number of hydrogen-bond donors (Lipinski definition) is 0. The van der Waals surface area contributed by atoms with Crippen molar-refractivity contribution in [3.8, 4) is 0 Å². The molecule has 3 heteroatoms. The Morgan fingerprint density at radius 2 is 1.29 bits per heavy atom. The minimum Gasteiger partial charge on any atom is -0.478 e. The second kappa shape index (κ2) is 16.8. The van der Waals surface area contributed by atoms with Gasteiger partial charge < -0.3 is 8.53 Å². The predicted molar refractivity (Wildman–Crippen MR) is 95.1 cm³/mol. The van der Waals surface area contributed by atoms with Crippen LogP contribution in [0.3, 0.4) is 0 Å². The van der Waals surface area contributed by atoms with Crippen molar-refractivity contribution >= 4 is 14.5 Å². The Balaban J connectivity index is 4.06. The molecule has 0 radical (unpaired) electrons. The summed E-state index contributed by atoms with van der Waals surface area (Å²) < 4.78 is 12.2. The molecule has 0 saturated heterocycles.